The molecule has 0 fully saturated rings. The standard InChI is InChI=1S/C7H8.C3H8N2O/c1-7-5-3-2-4-6-7;1-5-3(6)2-4/h2-6H,1H3;2,4H2,1H3,(H,5,6). The first-order chi connectivity index (χ1) is 6.20. The van der Waals surface area contributed by atoms with Gasteiger partial charge in [-0.15, -0.1) is 0 Å². The van der Waals surface area contributed by atoms with E-state index in [0.717, 1.165) is 0 Å². The molecular formula is C10H16N2O. The number of amides is 1. The summed E-state index contributed by atoms with van der Waals surface area (Å²) in [4.78, 5) is 9.94. The van der Waals surface area contributed by atoms with E-state index in [1.54, 1.807) is 7.05 Å². The maximum absolute atomic E-state index is 9.94. The highest BCUT2D eigenvalue weighted by atomic mass is 16.1. The Hall–Kier alpha value is -1.35. The zero-order valence-electron chi connectivity index (χ0n) is 8.08. The van der Waals surface area contributed by atoms with Gasteiger partial charge in [-0.05, 0) is 6.92 Å². The van der Waals surface area contributed by atoms with Gasteiger partial charge in [0.15, 0.2) is 0 Å². The molecule has 0 heterocycles. The van der Waals surface area contributed by atoms with E-state index in [0.29, 0.717) is 0 Å². The van der Waals surface area contributed by atoms with E-state index in [-0.39, 0.29) is 12.5 Å². The summed E-state index contributed by atoms with van der Waals surface area (Å²) in [6.07, 6.45) is 0. The van der Waals surface area contributed by atoms with Crippen molar-refractivity contribution in [1.29, 1.82) is 0 Å². The monoisotopic (exact) mass is 180 g/mol. The number of carbonyl (C=O) groups excluding carboxylic acids is 1. The topological polar surface area (TPSA) is 55.1 Å². The van der Waals surface area contributed by atoms with Crippen molar-refractivity contribution >= 4 is 5.91 Å². The SMILES string of the molecule is CNC(=O)CN.Cc1ccccc1. The van der Waals surface area contributed by atoms with Crippen molar-refractivity contribution in [2.45, 2.75) is 6.92 Å². The van der Waals surface area contributed by atoms with E-state index < -0.39 is 0 Å². The summed E-state index contributed by atoms with van der Waals surface area (Å²) in [5.41, 5.74) is 6.19. The van der Waals surface area contributed by atoms with Gasteiger partial charge in [-0.2, -0.15) is 0 Å². The number of nitrogens with two attached hydrogens (primary N) is 1. The Labute approximate surface area is 78.9 Å². The van der Waals surface area contributed by atoms with Crippen molar-refractivity contribution in [1.82, 2.24) is 5.32 Å². The normalized spacial score (nSPS) is 8.23. The molecule has 1 aromatic rings. The fourth-order valence-electron chi connectivity index (χ4n) is 0.636. The average molecular weight is 180 g/mol. The van der Waals surface area contributed by atoms with E-state index in [9.17, 15) is 4.79 Å². The number of likely N-dealkylation sites (N-methyl/N-ethyl adjacent to an activating group) is 1. The van der Waals surface area contributed by atoms with Crippen LogP contribution in [0.15, 0.2) is 30.3 Å². The van der Waals surface area contributed by atoms with Crippen molar-refractivity contribution in [3.8, 4) is 0 Å². The summed E-state index contributed by atoms with van der Waals surface area (Å²) in [6, 6.07) is 10.3. The predicted molar refractivity (Wildman–Crippen MR) is 54.3 cm³/mol. The Morgan fingerprint density at radius 2 is 1.92 bits per heavy atom. The quantitative estimate of drug-likeness (QED) is 0.668. The highest BCUT2D eigenvalue weighted by molar-refractivity contribution is 5.77. The molecule has 0 aliphatic heterocycles. The molecule has 3 heteroatoms. The highest BCUT2D eigenvalue weighted by Gasteiger charge is 1.84. The second kappa shape index (κ2) is 7.31. The lowest BCUT2D eigenvalue weighted by molar-refractivity contribution is -0.119. The van der Waals surface area contributed by atoms with Gasteiger partial charge in [0.1, 0.15) is 0 Å². The molecule has 1 aromatic carbocycles. The Bertz CT molecular complexity index is 228. The van der Waals surface area contributed by atoms with Crippen molar-refractivity contribution < 1.29 is 4.79 Å². The van der Waals surface area contributed by atoms with Crippen LogP contribution in [0.3, 0.4) is 0 Å². The number of hydrogen-bond donors (Lipinski definition) is 2. The molecule has 0 aromatic heterocycles. The van der Waals surface area contributed by atoms with E-state index in [2.05, 4.69) is 24.4 Å². The summed E-state index contributed by atoms with van der Waals surface area (Å²) in [6.45, 7) is 2.16. The third-order valence-corrected chi connectivity index (χ3v) is 1.40. The maximum atomic E-state index is 9.94. The molecule has 0 saturated carbocycles. The second-order valence-corrected chi connectivity index (χ2v) is 2.53. The van der Waals surface area contributed by atoms with E-state index >= 15 is 0 Å². The van der Waals surface area contributed by atoms with Gasteiger partial charge in [-0.3, -0.25) is 4.79 Å². The third-order valence-electron chi connectivity index (χ3n) is 1.40. The smallest absolute Gasteiger partial charge is 0.233 e. The van der Waals surface area contributed by atoms with Crippen molar-refractivity contribution in [3.05, 3.63) is 35.9 Å². The lowest BCUT2D eigenvalue weighted by atomic mass is 10.2. The summed E-state index contributed by atoms with van der Waals surface area (Å²) >= 11 is 0. The minimum atomic E-state index is -0.130. The zero-order valence-corrected chi connectivity index (χ0v) is 8.08. The van der Waals surface area contributed by atoms with Crippen LogP contribution in [-0.4, -0.2) is 19.5 Å². The van der Waals surface area contributed by atoms with Gasteiger partial charge in [-0.25, -0.2) is 0 Å². The van der Waals surface area contributed by atoms with Gasteiger partial charge in [0.25, 0.3) is 0 Å². The van der Waals surface area contributed by atoms with Gasteiger partial charge in [0.05, 0.1) is 6.54 Å². The number of carbonyl (C=O) groups is 1. The Kier molecular flexibility index (Phi) is 6.55. The molecule has 13 heavy (non-hydrogen) atoms. The molecule has 0 radical (unpaired) electrons. The molecule has 0 aliphatic rings. The number of nitrogens with one attached hydrogen (secondary N) is 1. The molecule has 1 rings (SSSR count). The van der Waals surface area contributed by atoms with Crippen LogP contribution < -0.4 is 11.1 Å². The Morgan fingerprint density at radius 3 is 2.08 bits per heavy atom. The molecule has 72 valence electrons. The minimum absolute atomic E-state index is 0.0799. The van der Waals surface area contributed by atoms with Gasteiger partial charge >= 0.3 is 0 Å². The molecule has 0 aliphatic carbocycles. The molecule has 0 bridgehead atoms. The molecule has 3 nitrogen and oxygen atoms in total. The summed E-state index contributed by atoms with van der Waals surface area (Å²) in [5.74, 6) is -0.130. The number of hydrogen-bond acceptors (Lipinski definition) is 2. The molecule has 0 unspecified atom stereocenters. The first kappa shape index (κ1) is 11.6. The third kappa shape index (κ3) is 7.03. The molecule has 3 N–H and O–H groups in total. The van der Waals surface area contributed by atoms with Gasteiger partial charge in [0.2, 0.25) is 5.91 Å². The first-order valence-corrected chi connectivity index (χ1v) is 4.13. The van der Waals surface area contributed by atoms with Gasteiger partial charge in [-0.1, -0.05) is 35.9 Å². The maximum Gasteiger partial charge on any atom is 0.233 e. The molecular weight excluding hydrogens is 164 g/mol. The van der Waals surface area contributed by atoms with Crippen LogP contribution in [-0.2, 0) is 4.79 Å². The molecule has 0 saturated heterocycles. The van der Waals surface area contributed by atoms with E-state index in [1.165, 1.54) is 5.56 Å². The van der Waals surface area contributed by atoms with Crippen molar-refractivity contribution in [3.63, 3.8) is 0 Å². The zero-order chi connectivity index (χ0) is 10.1. The average Bonchev–Trinajstić information content (AvgIpc) is 2.19. The lowest BCUT2D eigenvalue weighted by Gasteiger charge is -1.87. The largest absolute Gasteiger partial charge is 0.358 e. The van der Waals surface area contributed by atoms with Crippen LogP contribution in [0.1, 0.15) is 5.56 Å². The number of aryl methyl sites for hydroxylation is 1. The van der Waals surface area contributed by atoms with Crippen LogP contribution in [0.4, 0.5) is 0 Å². The molecule has 0 atom stereocenters. The van der Waals surface area contributed by atoms with Crippen molar-refractivity contribution in [2.75, 3.05) is 13.6 Å². The minimum Gasteiger partial charge on any atom is -0.358 e. The van der Waals surface area contributed by atoms with Crippen LogP contribution in [0.2, 0.25) is 0 Å². The lowest BCUT2D eigenvalue weighted by Crippen LogP contribution is -2.26. The fourth-order valence-corrected chi connectivity index (χ4v) is 0.636. The fraction of sp³-hybridized carbons (Fsp3) is 0.300. The van der Waals surface area contributed by atoms with Crippen LogP contribution >= 0.6 is 0 Å². The van der Waals surface area contributed by atoms with Gasteiger partial charge in [0, 0.05) is 7.05 Å². The molecule has 0 spiro atoms. The summed E-state index contributed by atoms with van der Waals surface area (Å²) in [5, 5.41) is 2.35. The van der Waals surface area contributed by atoms with E-state index in [4.69, 9.17) is 5.73 Å². The van der Waals surface area contributed by atoms with Crippen LogP contribution in [0, 0.1) is 6.92 Å². The Balaban J connectivity index is 0.000000226. The van der Waals surface area contributed by atoms with E-state index in [1.807, 2.05) is 18.2 Å². The Morgan fingerprint density at radius 1 is 1.38 bits per heavy atom. The first-order valence-electron chi connectivity index (χ1n) is 4.13. The highest BCUT2D eigenvalue weighted by Crippen LogP contribution is 1.92. The summed E-state index contributed by atoms with van der Waals surface area (Å²) < 4.78 is 0. The van der Waals surface area contributed by atoms with Crippen molar-refractivity contribution in [2.24, 2.45) is 5.73 Å². The number of rotatable bonds is 1. The molecule has 1 amide bonds. The summed E-state index contributed by atoms with van der Waals surface area (Å²) in [7, 11) is 1.55. The van der Waals surface area contributed by atoms with Crippen LogP contribution in [0.25, 0.3) is 0 Å². The second-order valence-electron chi connectivity index (χ2n) is 2.53. The predicted octanol–water partition coefficient (Wildman–Crippen LogP) is 0.686. The van der Waals surface area contributed by atoms with Gasteiger partial charge < -0.3 is 11.1 Å². The number of benzene rings is 1. The van der Waals surface area contributed by atoms with Crippen LogP contribution in [0.5, 0.6) is 0 Å².